The summed E-state index contributed by atoms with van der Waals surface area (Å²) < 4.78 is 1.04. The average molecular weight is 417 g/mol. The quantitative estimate of drug-likeness (QED) is 0.173. The third-order valence-corrected chi connectivity index (χ3v) is 5.58. The molecule has 0 saturated carbocycles. The fourth-order valence-electron chi connectivity index (χ4n) is 2.45. The molecule has 1 nitrogen and oxygen atoms in total. The third-order valence-electron chi connectivity index (χ3n) is 3.95. The van der Waals surface area contributed by atoms with Gasteiger partial charge in [0.1, 0.15) is 0 Å². The van der Waals surface area contributed by atoms with E-state index in [0.29, 0.717) is 0 Å². The summed E-state index contributed by atoms with van der Waals surface area (Å²) in [6, 6.07) is 15.9. The zero-order chi connectivity index (χ0) is 17.9. The van der Waals surface area contributed by atoms with Crippen LogP contribution in [0.5, 0.6) is 0 Å². The lowest BCUT2D eigenvalue weighted by molar-refractivity contribution is 0.104. The highest BCUT2D eigenvalue weighted by Crippen LogP contribution is 2.21. The number of unbranched alkanes of at least 4 members (excludes halogenated alkanes) is 4. The Labute approximate surface area is 164 Å². The standard InChI is InChI=1S/C22H25BrOS/c1-2-3-4-5-6-17-25-21-14-10-19(11-15-21)22(24)16-9-18-7-12-20(23)13-8-18/h7-16H,2-6,17H2,1H3. The number of carbonyl (C=O) groups excluding carboxylic acids is 1. The second-order valence-electron chi connectivity index (χ2n) is 6.04. The summed E-state index contributed by atoms with van der Waals surface area (Å²) in [5.41, 5.74) is 1.76. The van der Waals surface area contributed by atoms with Gasteiger partial charge in [0.25, 0.3) is 0 Å². The van der Waals surface area contributed by atoms with E-state index in [1.807, 2.05) is 54.2 Å². The van der Waals surface area contributed by atoms with Crippen LogP contribution in [0.15, 0.2) is 64.0 Å². The fraction of sp³-hybridized carbons (Fsp3) is 0.318. The molecule has 0 unspecified atom stereocenters. The van der Waals surface area contributed by atoms with E-state index in [2.05, 4.69) is 35.0 Å². The zero-order valence-electron chi connectivity index (χ0n) is 14.7. The molecule has 0 aliphatic carbocycles. The first kappa shape index (κ1) is 20.0. The van der Waals surface area contributed by atoms with Crippen LogP contribution in [-0.4, -0.2) is 11.5 Å². The first-order valence-corrected chi connectivity index (χ1v) is 10.7. The largest absolute Gasteiger partial charge is 0.289 e. The van der Waals surface area contributed by atoms with Crippen LogP contribution in [0.3, 0.4) is 0 Å². The molecule has 0 heterocycles. The second kappa shape index (κ2) is 11.3. The summed E-state index contributed by atoms with van der Waals surface area (Å²) in [7, 11) is 0. The van der Waals surface area contributed by atoms with E-state index < -0.39 is 0 Å². The number of thioether (sulfide) groups is 1. The second-order valence-corrected chi connectivity index (χ2v) is 8.12. The van der Waals surface area contributed by atoms with Gasteiger partial charge in [-0.2, -0.15) is 0 Å². The molecule has 132 valence electrons. The number of allylic oxidation sites excluding steroid dienone is 1. The van der Waals surface area contributed by atoms with E-state index in [1.54, 1.807) is 6.08 Å². The Bertz CT molecular complexity index is 674. The normalized spacial score (nSPS) is 11.1. The molecule has 0 amide bonds. The Morgan fingerprint density at radius 2 is 1.64 bits per heavy atom. The van der Waals surface area contributed by atoms with Gasteiger partial charge in [-0.3, -0.25) is 4.79 Å². The minimum Gasteiger partial charge on any atom is -0.289 e. The number of hydrogen-bond acceptors (Lipinski definition) is 2. The van der Waals surface area contributed by atoms with Crippen molar-refractivity contribution in [1.29, 1.82) is 0 Å². The van der Waals surface area contributed by atoms with Crippen molar-refractivity contribution in [3.63, 3.8) is 0 Å². The van der Waals surface area contributed by atoms with Gasteiger partial charge in [0.2, 0.25) is 0 Å². The first-order valence-electron chi connectivity index (χ1n) is 8.90. The summed E-state index contributed by atoms with van der Waals surface area (Å²) in [4.78, 5) is 13.5. The molecule has 0 saturated heterocycles. The van der Waals surface area contributed by atoms with Crippen molar-refractivity contribution >= 4 is 39.6 Å². The molecular weight excluding hydrogens is 392 g/mol. The van der Waals surface area contributed by atoms with Crippen LogP contribution >= 0.6 is 27.7 Å². The molecule has 0 aromatic heterocycles. The van der Waals surface area contributed by atoms with Crippen LogP contribution in [0, 0.1) is 0 Å². The lowest BCUT2D eigenvalue weighted by Crippen LogP contribution is -1.93. The fourth-order valence-corrected chi connectivity index (χ4v) is 3.63. The Balaban J connectivity index is 1.80. The lowest BCUT2D eigenvalue weighted by atomic mass is 10.1. The molecule has 2 aromatic carbocycles. The minimum atomic E-state index is 0.0408. The molecule has 0 atom stereocenters. The summed E-state index contributed by atoms with van der Waals surface area (Å²) >= 11 is 5.29. The number of hydrogen-bond donors (Lipinski definition) is 0. The summed E-state index contributed by atoms with van der Waals surface area (Å²) in [6.45, 7) is 2.24. The SMILES string of the molecule is CCCCCCCSc1ccc(C(=O)C=Cc2ccc(Br)cc2)cc1. The van der Waals surface area contributed by atoms with Gasteiger partial charge in [-0.1, -0.05) is 66.7 Å². The molecule has 2 aromatic rings. The van der Waals surface area contributed by atoms with Crippen LogP contribution in [0.2, 0.25) is 0 Å². The molecule has 0 N–H and O–H groups in total. The highest BCUT2D eigenvalue weighted by molar-refractivity contribution is 9.10. The Hall–Kier alpha value is -1.32. The van der Waals surface area contributed by atoms with Gasteiger partial charge >= 0.3 is 0 Å². The van der Waals surface area contributed by atoms with E-state index in [9.17, 15) is 4.79 Å². The van der Waals surface area contributed by atoms with Crippen LogP contribution in [0.1, 0.15) is 54.9 Å². The average Bonchev–Trinajstić information content (AvgIpc) is 2.64. The van der Waals surface area contributed by atoms with Crippen molar-refractivity contribution in [3.05, 3.63) is 70.2 Å². The highest BCUT2D eigenvalue weighted by atomic mass is 79.9. The molecule has 0 aliphatic rings. The molecule has 0 bridgehead atoms. The zero-order valence-corrected chi connectivity index (χ0v) is 17.1. The molecule has 0 spiro atoms. The van der Waals surface area contributed by atoms with Crippen molar-refractivity contribution in [3.8, 4) is 0 Å². The molecule has 3 heteroatoms. The van der Waals surface area contributed by atoms with Crippen molar-refractivity contribution in [2.75, 3.05) is 5.75 Å². The number of ketones is 1. The third kappa shape index (κ3) is 7.62. The van der Waals surface area contributed by atoms with Crippen LogP contribution in [-0.2, 0) is 0 Å². The Morgan fingerprint density at radius 1 is 0.960 bits per heavy atom. The van der Waals surface area contributed by atoms with Crippen LogP contribution in [0.4, 0.5) is 0 Å². The number of rotatable bonds is 10. The Kier molecular flexibility index (Phi) is 9.06. The van der Waals surface area contributed by atoms with Gasteiger partial charge in [-0.25, -0.2) is 0 Å². The van der Waals surface area contributed by atoms with Crippen LogP contribution in [0.25, 0.3) is 6.08 Å². The monoisotopic (exact) mass is 416 g/mol. The van der Waals surface area contributed by atoms with Crippen molar-refractivity contribution in [1.82, 2.24) is 0 Å². The van der Waals surface area contributed by atoms with Crippen molar-refractivity contribution in [2.45, 2.75) is 43.9 Å². The smallest absolute Gasteiger partial charge is 0.185 e. The van der Waals surface area contributed by atoms with Gasteiger partial charge in [0, 0.05) is 14.9 Å². The molecule has 25 heavy (non-hydrogen) atoms. The summed E-state index contributed by atoms with van der Waals surface area (Å²) in [5, 5.41) is 0. The topological polar surface area (TPSA) is 17.1 Å². The van der Waals surface area contributed by atoms with Crippen molar-refractivity contribution < 1.29 is 4.79 Å². The van der Waals surface area contributed by atoms with Crippen molar-refractivity contribution in [2.24, 2.45) is 0 Å². The van der Waals surface area contributed by atoms with Gasteiger partial charge < -0.3 is 0 Å². The van der Waals surface area contributed by atoms with E-state index in [4.69, 9.17) is 0 Å². The maximum atomic E-state index is 12.3. The molecule has 0 aliphatic heterocycles. The minimum absolute atomic E-state index is 0.0408. The molecular formula is C22H25BrOS. The van der Waals surface area contributed by atoms with E-state index >= 15 is 0 Å². The van der Waals surface area contributed by atoms with Crippen LogP contribution < -0.4 is 0 Å². The highest BCUT2D eigenvalue weighted by Gasteiger charge is 2.02. The predicted octanol–water partition coefficient (Wildman–Crippen LogP) is 7.41. The number of halogens is 1. The first-order chi connectivity index (χ1) is 12.2. The number of carbonyl (C=O) groups is 1. The maximum Gasteiger partial charge on any atom is 0.185 e. The van der Waals surface area contributed by atoms with E-state index in [-0.39, 0.29) is 5.78 Å². The van der Waals surface area contributed by atoms with E-state index in [0.717, 1.165) is 21.4 Å². The maximum absolute atomic E-state index is 12.3. The molecule has 0 radical (unpaired) electrons. The summed E-state index contributed by atoms with van der Waals surface area (Å²) in [6.07, 6.45) is 10.1. The van der Waals surface area contributed by atoms with E-state index in [1.165, 1.54) is 37.0 Å². The summed E-state index contributed by atoms with van der Waals surface area (Å²) in [5.74, 6) is 1.19. The Morgan fingerprint density at radius 3 is 2.32 bits per heavy atom. The van der Waals surface area contributed by atoms with Gasteiger partial charge in [0.15, 0.2) is 5.78 Å². The van der Waals surface area contributed by atoms with Gasteiger partial charge in [-0.15, -0.1) is 11.8 Å². The molecule has 0 fully saturated rings. The van der Waals surface area contributed by atoms with Gasteiger partial charge in [0.05, 0.1) is 0 Å². The lowest BCUT2D eigenvalue weighted by Gasteiger charge is -2.03. The predicted molar refractivity (Wildman–Crippen MR) is 113 cm³/mol. The molecule has 2 rings (SSSR count). The van der Waals surface area contributed by atoms with Gasteiger partial charge in [-0.05, 0) is 60.2 Å². The number of benzene rings is 2.